The molecule has 33 heavy (non-hydrogen) atoms. The van der Waals surface area contributed by atoms with Gasteiger partial charge in [-0.05, 0) is 34.4 Å². The summed E-state index contributed by atoms with van der Waals surface area (Å²) in [6.07, 6.45) is 0.397. The van der Waals surface area contributed by atoms with Gasteiger partial charge >= 0.3 is 6.03 Å². The number of nitrogens with one attached hydrogen (secondary N) is 2. The number of hydrogen-bond acceptors (Lipinski definition) is 3. The summed E-state index contributed by atoms with van der Waals surface area (Å²) in [6.45, 7) is 12.1. The van der Waals surface area contributed by atoms with E-state index in [4.69, 9.17) is 0 Å². The van der Waals surface area contributed by atoms with Crippen LogP contribution >= 0.6 is 0 Å². The van der Waals surface area contributed by atoms with Crippen LogP contribution in [0.15, 0.2) is 54.6 Å². The fourth-order valence-corrected chi connectivity index (χ4v) is 4.32. The van der Waals surface area contributed by atoms with Gasteiger partial charge in [-0.25, -0.2) is 4.79 Å². The van der Waals surface area contributed by atoms with Crippen molar-refractivity contribution in [3.8, 4) is 0 Å². The smallest absolute Gasteiger partial charge is 0.325 e. The van der Waals surface area contributed by atoms with Crippen molar-refractivity contribution in [1.82, 2.24) is 15.5 Å². The molecule has 6 heteroatoms. The molecule has 1 aliphatic rings. The van der Waals surface area contributed by atoms with Crippen LogP contribution < -0.4 is 10.6 Å². The molecule has 1 heterocycles. The predicted molar refractivity (Wildman–Crippen MR) is 130 cm³/mol. The van der Waals surface area contributed by atoms with E-state index in [1.807, 2.05) is 63.2 Å². The predicted octanol–water partition coefficient (Wildman–Crippen LogP) is 4.65. The molecule has 2 N–H and O–H groups in total. The summed E-state index contributed by atoms with van der Waals surface area (Å²) in [5.41, 5.74) is 1.84. The summed E-state index contributed by atoms with van der Waals surface area (Å²) in [6, 6.07) is 16.6. The lowest BCUT2D eigenvalue weighted by Crippen LogP contribution is -2.45. The Morgan fingerprint density at radius 3 is 2.15 bits per heavy atom. The largest absolute Gasteiger partial charge is 0.347 e. The average molecular weight is 450 g/mol. The monoisotopic (exact) mass is 449 g/mol. The van der Waals surface area contributed by atoms with Gasteiger partial charge in [0.1, 0.15) is 12.1 Å². The fraction of sp³-hybridized carbons (Fsp3) is 0.444. The number of carbonyl (C=O) groups excluding carboxylic acids is 3. The molecule has 0 aromatic heterocycles. The topological polar surface area (TPSA) is 78.5 Å². The Morgan fingerprint density at radius 1 is 1.03 bits per heavy atom. The van der Waals surface area contributed by atoms with Gasteiger partial charge in [-0.15, -0.1) is 0 Å². The van der Waals surface area contributed by atoms with E-state index in [1.54, 1.807) is 0 Å². The van der Waals surface area contributed by atoms with E-state index in [9.17, 15) is 14.4 Å². The van der Waals surface area contributed by atoms with Crippen LogP contribution in [0.25, 0.3) is 0 Å². The number of urea groups is 1. The molecule has 0 bridgehead atoms. The molecule has 1 saturated heterocycles. The number of carbonyl (C=O) groups is 3. The van der Waals surface area contributed by atoms with Crippen molar-refractivity contribution in [1.29, 1.82) is 0 Å². The Hall–Kier alpha value is -3.15. The second-order valence-corrected chi connectivity index (χ2v) is 10.1. The first-order valence-corrected chi connectivity index (χ1v) is 11.6. The molecule has 176 valence electrons. The molecule has 0 aliphatic carbocycles. The Labute approximate surface area is 196 Å². The first-order chi connectivity index (χ1) is 15.5. The Morgan fingerprint density at radius 2 is 1.64 bits per heavy atom. The van der Waals surface area contributed by atoms with E-state index >= 15 is 0 Å². The minimum atomic E-state index is -1.14. The van der Waals surface area contributed by atoms with Crippen LogP contribution in [0.3, 0.4) is 0 Å². The van der Waals surface area contributed by atoms with Crippen molar-refractivity contribution in [2.75, 3.05) is 6.54 Å². The SMILES string of the molecule is CCC1(c2ccccc2)NC(=O)N(CC(=O)NC(c2ccc(C(C)(C)C)cc2)C(C)C)C1=O. The molecule has 0 saturated carbocycles. The Kier molecular flexibility index (Phi) is 6.96. The number of benzene rings is 2. The normalized spacial score (nSPS) is 19.5. The van der Waals surface area contributed by atoms with Crippen LogP contribution in [0.2, 0.25) is 0 Å². The number of hydrogen-bond donors (Lipinski definition) is 2. The highest BCUT2D eigenvalue weighted by Crippen LogP contribution is 2.32. The summed E-state index contributed by atoms with van der Waals surface area (Å²) in [5, 5.41) is 5.86. The lowest BCUT2D eigenvalue weighted by Gasteiger charge is -2.27. The Balaban J connectivity index is 1.76. The summed E-state index contributed by atoms with van der Waals surface area (Å²) >= 11 is 0. The van der Waals surface area contributed by atoms with Crippen molar-refractivity contribution < 1.29 is 14.4 Å². The molecule has 2 aromatic carbocycles. The van der Waals surface area contributed by atoms with Gasteiger partial charge in [0.2, 0.25) is 5.91 Å². The van der Waals surface area contributed by atoms with Gasteiger partial charge in [-0.3, -0.25) is 14.5 Å². The maximum Gasteiger partial charge on any atom is 0.325 e. The van der Waals surface area contributed by atoms with Gasteiger partial charge in [0.05, 0.1) is 6.04 Å². The first-order valence-electron chi connectivity index (χ1n) is 11.6. The molecule has 3 rings (SSSR count). The van der Waals surface area contributed by atoms with Gasteiger partial charge in [0.25, 0.3) is 5.91 Å². The lowest BCUT2D eigenvalue weighted by atomic mass is 9.85. The van der Waals surface area contributed by atoms with Crippen molar-refractivity contribution >= 4 is 17.8 Å². The van der Waals surface area contributed by atoms with Crippen LogP contribution in [0.4, 0.5) is 4.79 Å². The minimum absolute atomic E-state index is 0.0448. The molecule has 2 atom stereocenters. The van der Waals surface area contributed by atoms with Crippen LogP contribution in [0.1, 0.15) is 70.7 Å². The maximum absolute atomic E-state index is 13.3. The van der Waals surface area contributed by atoms with E-state index in [0.29, 0.717) is 12.0 Å². The molecule has 4 amide bonds. The quantitative estimate of drug-likeness (QED) is 0.604. The number of amides is 4. The van der Waals surface area contributed by atoms with Crippen LogP contribution in [0.5, 0.6) is 0 Å². The van der Waals surface area contributed by atoms with Gasteiger partial charge < -0.3 is 10.6 Å². The summed E-state index contributed by atoms with van der Waals surface area (Å²) < 4.78 is 0. The first kappa shape index (κ1) is 24.5. The number of imide groups is 1. The molecule has 2 aromatic rings. The highest BCUT2D eigenvalue weighted by atomic mass is 16.2. The average Bonchev–Trinajstić information content (AvgIpc) is 3.02. The molecule has 2 unspecified atom stereocenters. The summed E-state index contributed by atoms with van der Waals surface area (Å²) in [7, 11) is 0. The second kappa shape index (κ2) is 9.38. The highest BCUT2D eigenvalue weighted by molar-refractivity contribution is 6.09. The van der Waals surface area contributed by atoms with E-state index in [0.717, 1.165) is 10.5 Å². The van der Waals surface area contributed by atoms with Crippen molar-refractivity contribution in [2.24, 2.45) is 5.92 Å². The molecule has 0 radical (unpaired) electrons. The molecule has 6 nitrogen and oxygen atoms in total. The van der Waals surface area contributed by atoms with Crippen LogP contribution in [-0.4, -0.2) is 29.3 Å². The van der Waals surface area contributed by atoms with Crippen LogP contribution in [-0.2, 0) is 20.5 Å². The summed E-state index contributed by atoms with van der Waals surface area (Å²) in [5.74, 6) is -0.624. The zero-order valence-corrected chi connectivity index (χ0v) is 20.4. The van der Waals surface area contributed by atoms with Crippen LogP contribution in [0, 0.1) is 5.92 Å². The zero-order valence-electron chi connectivity index (χ0n) is 20.4. The van der Waals surface area contributed by atoms with Crippen molar-refractivity contribution in [3.63, 3.8) is 0 Å². The van der Waals surface area contributed by atoms with Crippen molar-refractivity contribution in [3.05, 3.63) is 71.3 Å². The van der Waals surface area contributed by atoms with Gasteiger partial charge in [-0.1, -0.05) is 96.1 Å². The van der Waals surface area contributed by atoms with Gasteiger partial charge in [0, 0.05) is 0 Å². The zero-order chi connectivity index (χ0) is 24.4. The van der Waals surface area contributed by atoms with E-state index in [-0.39, 0.29) is 29.8 Å². The molecule has 1 fully saturated rings. The molecular weight excluding hydrogens is 414 g/mol. The third-order valence-electron chi connectivity index (χ3n) is 6.39. The van der Waals surface area contributed by atoms with E-state index in [1.165, 1.54) is 5.56 Å². The van der Waals surface area contributed by atoms with E-state index < -0.39 is 17.5 Å². The number of rotatable bonds is 7. The Bertz CT molecular complexity index is 1010. The van der Waals surface area contributed by atoms with Gasteiger partial charge in [0.15, 0.2) is 0 Å². The molecule has 0 spiro atoms. The highest BCUT2D eigenvalue weighted by Gasteiger charge is 2.51. The molecule has 1 aliphatic heterocycles. The molecular formula is C27H35N3O3. The third kappa shape index (κ3) is 4.95. The lowest BCUT2D eigenvalue weighted by molar-refractivity contribution is -0.135. The summed E-state index contributed by atoms with van der Waals surface area (Å²) in [4.78, 5) is 40.0. The second-order valence-electron chi connectivity index (χ2n) is 10.1. The maximum atomic E-state index is 13.3. The van der Waals surface area contributed by atoms with E-state index in [2.05, 4.69) is 43.5 Å². The minimum Gasteiger partial charge on any atom is -0.347 e. The van der Waals surface area contributed by atoms with Crippen molar-refractivity contribution in [2.45, 2.75) is 65.0 Å². The number of nitrogens with zero attached hydrogens (tertiary/aromatic N) is 1. The standard InChI is InChI=1S/C27H35N3O3/c1-7-27(21-11-9-8-10-12-21)24(32)30(25(33)29-27)17-22(31)28-23(18(2)3)19-13-15-20(16-14-19)26(4,5)6/h8-16,18,23H,7,17H2,1-6H3,(H,28,31)(H,29,33). The third-order valence-corrected chi connectivity index (χ3v) is 6.39. The van der Waals surface area contributed by atoms with Gasteiger partial charge in [-0.2, -0.15) is 0 Å². The fourth-order valence-electron chi connectivity index (χ4n) is 4.32.